The summed E-state index contributed by atoms with van der Waals surface area (Å²) in [6, 6.07) is 6.34. The number of hydrogen-bond acceptors (Lipinski definition) is 4. The van der Waals surface area contributed by atoms with Crippen LogP contribution < -0.4 is 0 Å². The van der Waals surface area contributed by atoms with E-state index in [1.54, 1.807) is 18.0 Å². The molecule has 0 spiro atoms. The Labute approximate surface area is 151 Å². The van der Waals surface area contributed by atoms with Gasteiger partial charge in [-0.2, -0.15) is 0 Å². The fourth-order valence-corrected chi connectivity index (χ4v) is 4.06. The van der Waals surface area contributed by atoms with Gasteiger partial charge in [0.1, 0.15) is 11.6 Å². The summed E-state index contributed by atoms with van der Waals surface area (Å²) in [5.74, 6) is 0.736. The Morgan fingerprint density at radius 1 is 1.36 bits per heavy atom. The van der Waals surface area contributed by atoms with E-state index in [1.165, 1.54) is 30.3 Å². The Bertz CT molecular complexity index is 748. The second kappa shape index (κ2) is 7.99. The van der Waals surface area contributed by atoms with Gasteiger partial charge < -0.3 is 9.47 Å². The molecule has 0 aliphatic carbocycles. The highest BCUT2D eigenvalue weighted by Crippen LogP contribution is 2.26. The van der Waals surface area contributed by atoms with Gasteiger partial charge in [-0.3, -0.25) is 4.79 Å². The van der Waals surface area contributed by atoms with Gasteiger partial charge in [-0.25, -0.2) is 4.39 Å². The standard InChI is InChI=1S/C18H23FN4OS/c1-13(17(24)22(2)12-14-7-6-8-15(19)11-14)25-18-21-20-16-9-4-3-5-10-23(16)18/h6-8,11,13H,3-5,9-10,12H2,1-2H3/t13-/m1/s1. The molecule has 7 heteroatoms. The number of hydrogen-bond donors (Lipinski definition) is 0. The summed E-state index contributed by atoms with van der Waals surface area (Å²) in [6.45, 7) is 3.19. The number of aromatic nitrogens is 3. The van der Waals surface area contributed by atoms with Crippen molar-refractivity contribution in [3.8, 4) is 0 Å². The molecule has 1 aliphatic heterocycles. The minimum absolute atomic E-state index is 0.000216. The predicted molar refractivity (Wildman–Crippen MR) is 95.8 cm³/mol. The van der Waals surface area contributed by atoms with Gasteiger partial charge in [-0.05, 0) is 37.5 Å². The van der Waals surface area contributed by atoms with Gasteiger partial charge in [0.15, 0.2) is 5.16 Å². The third-order valence-corrected chi connectivity index (χ3v) is 5.46. The molecule has 0 fully saturated rings. The average molecular weight is 362 g/mol. The number of carbonyl (C=O) groups is 1. The Morgan fingerprint density at radius 2 is 2.20 bits per heavy atom. The predicted octanol–water partition coefficient (Wildman–Crippen LogP) is 3.28. The Kier molecular flexibility index (Phi) is 5.73. The van der Waals surface area contributed by atoms with Crippen LogP contribution in [0.2, 0.25) is 0 Å². The third-order valence-electron chi connectivity index (χ3n) is 4.39. The highest BCUT2D eigenvalue weighted by molar-refractivity contribution is 8.00. The zero-order valence-corrected chi connectivity index (χ0v) is 15.4. The Hall–Kier alpha value is -1.89. The number of halogens is 1. The molecular formula is C18H23FN4OS. The largest absolute Gasteiger partial charge is 0.340 e. The second-order valence-electron chi connectivity index (χ2n) is 6.45. The maximum absolute atomic E-state index is 13.3. The molecular weight excluding hydrogens is 339 g/mol. The number of carbonyl (C=O) groups excluding carboxylic acids is 1. The van der Waals surface area contributed by atoms with Crippen molar-refractivity contribution < 1.29 is 9.18 Å². The average Bonchev–Trinajstić information content (AvgIpc) is 2.81. The molecule has 1 atom stereocenters. The number of rotatable bonds is 5. The molecule has 1 aliphatic rings. The zero-order valence-electron chi connectivity index (χ0n) is 14.6. The summed E-state index contributed by atoms with van der Waals surface area (Å²) in [6.07, 6.45) is 4.43. The Morgan fingerprint density at radius 3 is 3.00 bits per heavy atom. The lowest BCUT2D eigenvalue weighted by molar-refractivity contribution is -0.129. The van der Waals surface area contributed by atoms with Gasteiger partial charge in [0.2, 0.25) is 5.91 Å². The first-order valence-corrected chi connectivity index (χ1v) is 9.50. The highest BCUT2D eigenvalue weighted by Gasteiger charge is 2.23. The molecule has 0 N–H and O–H groups in total. The molecule has 0 bridgehead atoms. The van der Waals surface area contributed by atoms with Crippen LogP contribution in [0.4, 0.5) is 4.39 Å². The zero-order chi connectivity index (χ0) is 17.8. The first kappa shape index (κ1) is 17.9. The van der Waals surface area contributed by atoms with Crippen molar-refractivity contribution in [2.45, 2.75) is 56.1 Å². The minimum atomic E-state index is -0.285. The smallest absolute Gasteiger partial charge is 0.235 e. The molecule has 1 aromatic heterocycles. The first-order chi connectivity index (χ1) is 12.0. The number of thioether (sulfide) groups is 1. The van der Waals surface area contributed by atoms with Crippen LogP contribution >= 0.6 is 11.8 Å². The Balaban J connectivity index is 1.63. The lowest BCUT2D eigenvalue weighted by atomic mass is 10.2. The van der Waals surface area contributed by atoms with Gasteiger partial charge in [0, 0.05) is 26.6 Å². The number of nitrogens with zero attached hydrogens (tertiary/aromatic N) is 4. The summed E-state index contributed by atoms with van der Waals surface area (Å²) < 4.78 is 15.4. The van der Waals surface area contributed by atoms with E-state index in [-0.39, 0.29) is 17.0 Å². The van der Waals surface area contributed by atoms with E-state index in [0.717, 1.165) is 42.4 Å². The van der Waals surface area contributed by atoms with Crippen LogP contribution in [0.1, 0.15) is 37.6 Å². The monoisotopic (exact) mass is 362 g/mol. The third kappa shape index (κ3) is 4.39. The van der Waals surface area contributed by atoms with Crippen molar-refractivity contribution in [1.82, 2.24) is 19.7 Å². The van der Waals surface area contributed by atoms with E-state index >= 15 is 0 Å². The molecule has 0 radical (unpaired) electrons. The molecule has 3 rings (SSSR count). The van der Waals surface area contributed by atoms with Gasteiger partial charge in [-0.15, -0.1) is 10.2 Å². The van der Waals surface area contributed by atoms with E-state index in [0.29, 0.717) is 6.54 Å². The molecule has 2 heterocycles. The molecule has 134 valence electrons. The van der Waals surface area contributed by atoms with Crippen molar-refractivity contribution in [2.75, 3.05) is 7.05 Å². The van der Waals surface area contributed by atoms with Crippen molar-refractivity contribution in [1.29, 1.82) is 0 Å². The van der Waals surface area contributed by atoms with Crippen molar-refractivity contribution in [3.63, 3.8) is 0 Å². The van der Waals surface area contributed by atoms with E-state index in [1.807, 2.05) is 13.0 Å². The molecule has 1 aromatic carbocycles. The fraction of sp³-hybridized carbons (Fsp3) is 0.500. The number of amides is 1. The van der Waals surface area contributed by atoms with Crippen molar-refractivity contribution in [2.24, 2.45) is 0 Å². The van der Waals surface area contributed by atoms with Gasteiger partial charge >= 0.3 is 0 Å². The van der Waals surface area contributed by atoms with Crippen LogP contribution in [0.3, 0.4) is 0 Å². The van der Waals surface area contributed by atoms with Crippen LogP contribution in [0.15, 0.2) is 29.4 Å². The van der Waals surface area contributed by atoms with E-state index < -0.39 is 0 Å². The topological polar surface area (TPSA) is 51.0 Å². The second-order valence-corrected chi connectivity index (χ2v) is 7.75. The normalized spacial score (nSPS) is 15.3. The van der Waals surface area contributed by atoms with Crippen LogP contribution in [-0.2, 0) is 24.3 Å². The van der Waals surface area contributed by atoms with E-state index in [9.17, 15) is 9.18 Å². The van der Waals surface area contributed by atoms with Gasteiger partial charge in [0.25, 0.3) is 0 Å². The van der Waals surface area contributed by atoms with Gasteiger partial charge in [-0.1, -0.05) is 30.3 Å². The number of fused-ring (bicyclic) bond motifs is 1. The summed E-state index contributed by atoms with van der Waals surface area (Å²) in [5, 5.41) is 9.10. The maximum atomic E-state index is 13.3. The molecule has 0 saturated carbocycles. The maximum Gasteiger partial charge on any atom is 0.235 e. The van der Waals surface area contributed by atoms with Crippen LogP contribution in [0.25, 0.3) is 0 Å². The molecule has 25 heavy (non-hydrogen) atoms. The first-order valence-electron chi connectivity index (χ1n) is 8.63. The SMILES string of the molecule is C[C@@H](Sc1nnc2n1CCCCC2)C(=O)N(C)Cc1cccc(F)c1. The van der Waals surface area contributed by atoms with E-state index in [2.05, 4.69) is 14.8 Å². The summed E-state index contributed by atoms with van der Waals surface area (Å²) >= 11 is 1.45. The quantitative estimate of drug-likeness (QED) is 0.766. The van der Waals surface area contributed by atoms with Crippen LogP contribution in [0, 0.1) is 5.82 Å². The van der Waals surface area contributed by atoms with Crippen LogP contribution in [0.5, 0.6) is 0 Å². The van der Waals surface area contributed by atoms with Crippen molar-refractivity contribution in [3.05, 3.63) is 41.5 Å². The highest BCUT2D eigenvalue weighted by atomic mass is 32.2. The van der Waals surface area contributed by atoms with Crippen molar-refractivity contribution >= 4 is 17.7 Å². The fourth-order valence-electron chi connectivity index (χ4n) is 3.05. The number of aryl methyl sites for hydroxylation is 1. The summed E-state index contributed by atoms with van der Waals surface area (Å²) in [7, 11) is 1.74. The summed E-state index contributed by atoms with van der Waals surface area (Å²) in [5.41, 5.74) is 0.782. The molecule has 1 amide bonds. The van der Waals surface area contributed by atoms with Gasteiger partial charge in [0.05, 0.1) is 5.25 Å². The lowest BCUT2D eigenvalue weighted by Crippen LogP contribution is -2.33. The van der Waals surface area contributed by atoms with Crippen LogP contribution in [-0.4, -0.2) is 37.9 Å². The lowest BCUT2D eigenvalue weighted by Gasteiger charge is -2.21. The minimum Gasteiger partial charge on any atom is -0.340 e. The molecule has 0 saturated heterocycles. The molecule has 5 nitrogen and oxygen atoms in total. The molecule has 2 aromatic rings. The molecule has 0 unspecified atom stereocenters. The van der Waals surface area contributed by atoms with E-state index in [4.69, 9.17) is 0 Å². The number of benzene rings is 1. The summed E-state index contributed by atoms with van der Waals surface area (Å²) in [4.78, 5) is 14.3.